The van der Waals surface area contributed by atoms with E-state index in [9.17, 15) is 9.90 Å². The molecule has 120 valence electrons. The van der Waals surface area contributed by atoms with Gasteiger partial charge in [0.25, 0.3) is 5.91 Å². The molecular weight excluding hydrogens is 290 g/mol. The molecule has 0 atom stereocenters. The van der Waals surface area contributed by atoms with E-state index < -0.39 is 0 Å². The summed E-state index contributed by atoms with van der Waals surface area (Å²) in [5, 5.41) is 13.8. The van der Waals surface area contributed by atoms with E-state index in [4.69, 9.17) is 0 Å². The number of carbonyl (C=O) groups excluding carboxylic acids is 1. The van der Waals surface area contributed by atoms with E-state index in [0.717, 1.165) is 11.3 Å². The second-order valence-electron chi connectivity index (χ2n) is 6.41. The van der Waals surface area contributed by atoms with Gasteiger partial charge in [-0.2, -0.15) is 5.10 Å². The van der Waals surface area contributed by atoms with Gasteiger partial charge in [-0.05, 0) is 42.2 Å². The third-order valence-electron chi connectivity index (χ3n) is 3.44. The van der Waals surface area contributed by atoms with Crippen LogP contribution in [0.2, 0.25) is 0 Å². The molecule has 0 radical (unpaired) electrons. The summed E-state index contributed by atoms with van der Waals surface area (Å²) < 4.78 is 0. The normalized spacial score (nSPS) is 11.7. The van der Waals surface area contributed by atoms with Gasteiger partial charge in [-0.3, -0.25) is 9.78 Å². The van der Waals surface area contributed by atoms with E-state index in [0.29, 0.717) is 11.1 Å². The van der Waals surface area contributed by atoms with Crippen molar-refractivity contribution < 1.29 is 9.90 Å². The van der Waals surface area contributed by atoms with Crippen LogP contribution in [-0.4, -0.2) is 22.2 Å². The van der Waals surface area contributed by atoms with E-state index in [1.54, 1.807) is 18.2 Å². The first-order chi connectivity index (χ1) is 10.8. The number of pyridine rings is 1. The monoisotopic (exact) mass is 311 g/mol. The van der Waals surface area contributed by atoms with Crippen LogP contribution in [0, 0.1) is 6.92 Å². The van der Waals surface area contributed by atoms with Gasteiger partial charge in [0.05, 0.1) is 11.8 Å². The Labute approximate surface area is 136 Å². The van der Waals surface area contributed by atoms with E-state index in [2.05, 4.69) is 36.3 Å². The summed E-state index contributed by atoms with van der Waals surface area (Å²) in [5.74, 6) is -0.229. The van der Waals surface area contributed by atoms with Crippen LogP contribution in [-0.2, 0) is 5.41 Å². The lowest BCUT2D eigenvalue weighted by molar-refractivity contribution is 0.0954. The van der Waals surface area contributed by atoms with Gasteiger partial charge in [-0.25, -0.2) is 5.43 Å². The van der Waals surface area contributed by atoms with Crippen LogP contribution in [0.4, 0.5) is 0 Å². The van der Waals surface area contributed by atoms with Crippen molar-refractivity contribution in [3.05, 3.63) is 58.9 Å². The number of rotatable bonds is 3. The minimum absolute atomic E-state index is 0.0346. The molecule has 0 spiro atoms. The summed E-state index contributed by atoms with van der Waals surface area (Å²) in [6.07, 6.45) is 2.93. The van der Waals surface area contributed by atoms with Gasteiger partial charge in [0, 0.05) is 17.5 Å². The number of hydrazone groups is 1. The molecule has 0 saturated carbocycles. The van der Waals surface area contributed by atoms with Gasteiger partial charge >= 0.3 is 0 Å². The lowest BCUT2D eigenvalue weighted by Gasteiger charge is -2.19. The van der Waals surface area contributed by atoms with Crippen LogP contribution in [0.5, 0.6) is 5.75 Å². The average Bonchev–Trinajstić information content (AvgIpc) is 2.48. The Balaban J connectivity index is 2.11. The Morgan fingerprint density at radius 2 is 2.00 bits per heavy atom. The number of benzene rings is 1. The minimum Gasteiger partial charge on any atom is -0.507 e. The number of carbonyl (C=O) groups is 1. The summed E-state index contributed by atoms with van der Waals surface area (Å²) in [7, 11) is 0. The van der Waals surface area contributed by atoms with Crippen molar-refractivity contribution in [3.63, 3.8) is 0 Å². The quantitative estimate of drug-likeness (QED) is 0.675. The Morgan fingerprint density at radius 1 is 1.26 bits per heavy atom. The average molecular weight is 311 g/mol. The number of hydrogen-bond acceptors (Lipinski definition) is 4. The van der Waals surface area contributed by atoms with Crippen molar-refractivity contribution in [2.75, 3.05) is 0 Å². The molecule has 1 aromatic carbocycles. The zero-order valence-corrected chi connectivity index (χ0v) is 13.8. The van der Waals surface area contributed by atoms with Gasteiger partial charge in [0.2, 0.25) is 0 Å². The predicted octanol–water partition coefficient (Wildman–Crippen LogP) is 3.16. The van der Waals surface area contributed by atoms with Crippen LogP contribution in [0.15, 0.2) is 41.6 Å². The molecule has 0 fully saturated rings. The minimum atomic E-state index is -0.347. The fourth-order valence-corrected chi connectivity index (χ4v) is 1.95. The molecular formula is C18H21N3O2. The second kappa shape index (κ2) is 6.60. The highest BCUT2D eigenvalue weighted by Crippen LogP contribution is 2.26. The molecule has 0 unspecified atom stereocenters. The molecule has 0 bridgehead atoms. The van der Waals surface area contributed by atoms with Crippen LogP contribution >= 0.6 is 0 Å². The Bertz CT molecular complexity index is 729. The Morgan fingerprint density at radius 3 is 2.61 bits per heavy atom. The molecule has 23 heavy (non-hydrogen) atoms. The first-order valence-corrected chi connectivity index (χ1v) is 7.37. The fourth-order valence-electron chi connectivity index (χ4n) is 1.95. The van der Waals surface area contributed by atoms with E-state index in [1.807, 2.05) is 19.1 Å². The van der Waals surface area contributed by atoms with E-state index >= 15 is 0 Å². The number of nitrogens with zero attached hydrogens (tertiary/aromatic N) is 2. The number of amides is 1. The molecule has 1 heterocycles. The zero-order chi connectivity index (χ0) is 17.0. The van der Waals surface area contributed by atoms with Gasteiger partial charge in [0.1, 0.15) is 5.75 Å². The standard InChI is InChI=1S/C18H21N3O2/c1-12-5-6-13(10-19-12)17(23)21-20-11-14-9-15(18(2,3)4)7-8-16(14)22/h5-11,22H,1-4H3,(H,21,23)/b20-11+. The third kappa shape index (κ3) is 4.39. The van der Waals surface area contributed by atoms with Gasteiger partial charge in [-0.15, -0.1) is 0 Å². The molecule has 5 heteroatoms. The smallest absolute Gasteiger partial charge is 0.272 e. The summed E-state index contributed by atoms with van der Waals surface area (Å²) in [5.41, 5.74) is 5.30. The summed E-state index contributed by atoms with van der Waals surface area (Å²) in [6, 6.07) is 8.82. The lowest BCUT2D eigenvalue weighted by Crippen LogP contribution is -2.18. The third-order valence-corrected chi connectivity index (χ3v) is 3.44. The summed E-state index contributed by atoms with van der Waals surface area (Å²) >= 11 is 0. The lowest BCUT2D eigenvalue weighted by atomic mass is 9.86. The SMILES string of the molecule is Cc1ccc(C(=O)N/N=C/c2cc(C(C)(C)C)ccc2O)cn1. The number of hydrogen-bond donors (Lipinski definition) is 2. The maximum atomic E-state index is 11.9. The zero-order valence-electron chi connectivity index (χ0n) is 13.8. The molecule has 1 aromatic heterocycles. The molecule has 0 saturated heterocycles. The van der Waals surface area contributed by atoms with E-state index in [-0.39, 0.29) is 17.1 Å². The molecule has 5 nitrogen and oxygen atoms in total. The van der Waals surface area contributed by atoms with Gasteiger partial charge in [-0.1, -0.05) is 26.8 Å². The second-order valence-corrected chi connectivity index (χ2v) is 6.41. The van der Waals surface area contributed by atoms with Crippen LogP contribution in [0.1, 0.15) is 48.0 Å². The summed E-state index contributed by atoms with van der Waals surface area (Å²) in [4.78, 5) is 16.0. The molecule has 1 amide bonds. The number of aryl methyl sites for hydroxylation is 1. The molecule has 0 aliphatic rings. The highest BCUT2D eigenvalue weighted by atomic mass is 16.3. The van der Waals surface area contributed by atoms with Crippen molar-refractivity contribution >= 4 is 12.1 Å². The maximum Gasteiger partial charge on any atom is 0.272 e. The highest BCUT2D eigenvalue weighted by Gasteiger charge is 2.14. The van der Waals surface area contributed by atoms with Crippen LogP contribution < -0.4 is 5.43 Å². The number of aromatic hydroxyl groups is 1. The number of nitrogens with one attached hydrogen (secondary N) is 1. The van der Waals surface area contributed by atoms with Crippen molar-refractivity contribution in [2.24, 2.45) is 5.10 Å². The largest absolute Gasteiger partial charge is 0.507 e. The van der Waals surface area contributed by atoms with Crippen molar-refractivity contribution in [2.45, 2.75) is 33.1 Å². The number of phenols is 1. The predicted molar refractivity (Wildman–Crippen MR) is 90.8 cm³/mol. The van der Waals surface area contributed by atoms with Crippen LogP contribution in [0.25, 0.3) is 0 Å². The summed E-state index contributed by atoms with van der Waals surface area (Å²) in [6.45, 7) is 8.12. The highest BCUT2D eigenvalue weighted by molar-refractivity contribution is 5.94. The molecule has 2 aromatic rings. The molecule has 2 rings (SSSR count). The Kier molecular flexibility index (Phi) is 4.79. The van der Waals surface area contributed by atoms with Gasteiger partial charge < -0.3 is 5.11 Å². The van der Waals surface area contributed by atoms with Crippen LogP contribution in [0.3, 0.4) is 0 Å². The molecule has 0 aliphatic carbocycles. The van der Waals surface area contributed by atoms with E-state index in [1.165, 1.54) is 12.4 Å². The number of aromatic nitrogens is 1. The molecule has 0 aliphatic heterocycles. The number of phenolic OH excluding ortho intramolecular Hbond substituents is 1. The van der Waals surface area contributed by atoms with Gasteiger partial charge in [0.15, 0.2) is 0 Å². The fraction of sp³-hybridized carbons (Fsp3) is 0.278. The van der Waals surface area contributed by atoms with Crippen molar-refractivity contribution in [1.82, 2.24) is 10.4 Å². The van der Waals surface area contributed by atoms with Crippen molar-refractivity contribution in [3.8, 4) is 5.75 Å². The first kappa shape index (κ1) is 16.7. The Hall–Kier alpha value is -2.69. The maximum absolute atomic E-state index is 11.9. The molecule has 2 N–H and O–H groups in total. The first-order valence-electron chi connectivity index (χ1n) is 7.37. The topological polar surface area (TPSA) is 74.6 Å². The van der Waals surface area contributed by atoms with Crippen molar-refractivity contribution in [1.29, 1.82) is 0 Å².